The maximum absolute atomic E-state index is 12.1. The number of amides is 1. The molecule has 0 spiro atoms. The summed E-state index contributed by atoms with van der Waals surface area (Å²) < 4.78 is 0. The molecule has 104 valence electrons. The van der Waals surface area contributed by atoms with Crippen molar-refractivity contribution in [3.63, 3.8) is 0 Å². The largest absolute Gasteiger partial charge is 0.342 e. The number of aromatic nitrogens is 2. The average molecular weight is 269 g/mol. The number of carbonyl (C=O) groups is 1. The molecule has 1 aromatic carbocycles. The molecule has 1 N–H and O–H groups in total. The number of carbonyl (C=O) groups excluding carboxylic acids is 1. The van der Waals surface area contributed by atoms with Gasteiger partial charge in [0.2, 0.25) is 5.91 Å². The Morgan fingerprint density at radius 2 is 1.95 bits per heavy atom. The van der Waals surface area contributed by atoms with Crippen LogP contribution in [0.2, 0.25) is 0 Å². The Kier molecular flexibility index (Phi) is 4.71. The number of para-hydroxylation sites is 2. The molecule has 0 bridgehead atoms. The average Bonchev–Trinajstić information content (AvgIpc) is 2.87. The number of imidazole rings is 1. The van der Waals surface area contributed by atoms with Gasteiger partial charge in [-0.2, -0.15) is 0 Å². The first-order chi connectivity index (χ1) is 9.74. The van der Waals surface area contributed by atoms with Crippen molar-refractivity contribution < 1.29 is 4.79 Å². The van der Waals surface area contributed by atoms with Gasteiger partial charge in [-0.3, -0.25) is 4.79 Å². The Hall–Kier alpha value is -2.36. The number of hydrogen-bond donors (Lipinski definition) is 1. The van der Waals surface area contributed by atoms with E-state index in [1.165, 1.54) is 0 Å². The van der Waals surface area contributed by atoms with Gasteiger partial charge in [0, 0.05) is 25.9 Å². The summed E-state index contributed by atoms with van der Waals surface area (Å²) >= 11 is 0. The highest BCUT2D eigenvalue weighted by Crippen LogP contribution is 2.11. The van der Waals surface area contributed by atoms with Gasteiger partial charge < -0.3 is 9.88 Å². The number of aryl methyl sites for hydroxylation is 1. The third-order valence-corrected chi connectivity index (χ3v) is 3.07. The second kappa shape index (κ2) is 6.70. The summed E-state index contributed by atoms with van der Waals surface area (Å²) in [5.74, 6) is 0.932. The van der Waals surface area contributed by atoms with Crippen LogP contribution in [0, 0.1) is 0 Å². The molecular weight excluding hydrogens is 250 g/mol. The molecule has 1 heterocycles. The van der Waals surface area contributed by atoms with Crippen molar-refractivity contribution in [2.75, 3.05) is 13.1 Å². The van der Waals surface area contributed by atoms with Crippen molar-refractivity contribution in [1.29, 1.82) is 0 Å². The van der Waals surface area contributed by atoms with E-state index in [0.717, 1.165) is 16.9 Å². The van der Waals surface area contributed by atoms with Crippen LogP contribution in [0.5, 0.6) is 0 Å². The van der Waals surface area contributed by atoms with Crippen LogP contribution < -0.4 is 0 Å². The Balaban J connectivity index is 1.98. The lowest BCUT2D eigenvalue weighted by Crippen LogP contribution is -2.31. The van der Waals surface area contributed by atoms with Gasteiger partial charge in [-0.25, -0.2) is 4.98 Å². The van der Waals surface area contributed by atoms with Crippen molar-refractivity contribution in [3.05, 3.63) is 55.4 Å². The first-order valence-electron chi connectivity index (χ1n) is 6.67. The molecule has 2 rings (SSSR count). The Morgan fingerprint density at radius 3 is 2.60 bits per heavy atom. The second-order valence-corrected chi connectivity index (χ2v) is 4.58. The summed E-state index contributed by atoms with van der Waals surface area (Å²) in [7, 11) is 0. The third kappa shape index (κ3) is 3.35. The van der Waals surface area contributed by atoms with Crippen LogP contribution in [0.15, 0.2) is 49.6 Å². The number of benzene rings is 1. The topological polar surface area (TPSA) is 49.0 Å². The summed E-state index contributed by atoms with van der Waals surface area (Å²) in [6.07, 6.45) is 4.49. The van der Waals surface area contributed by atoms with Gasteiger partial charge in [-0.05, 0) is 12.1 Å². The molecule has 0 fully saturated rings. The van der Waals surface area contributed by atoms with E-state index in [-0.39, 0.29) is 5.91 Å². The van der Waals surface area contributed by atoms with Gasteiger partial charge in [0.05, 0.1) is 11.0 Å². The van der Waals surface area contributed by atoms with E-state index in [0.29, 0.717) is 25.9 Å². The lowest BCUT2D eigenvalue weighted by Gasteiger charge is -2.18. The van der Waals surface area contributed by atoms with E-state index in [1.807, 2.05) is 24.3 Å². The fourth-order valence-corrected chi connectivity index (χ4v) is 2.10. The number of nitrogens with zero attached hydrogens (tertiary/aromatic N) is 2. The van der Waals surface area contributed by atoms with Gasteiger partial charge in [0.15, 0.2) is 0 Å². The van der Waals surface area contributed by atoms with Gasteiger partial charge in [0.1, 0.15) is 5.82 Å². The van der Waals surface area contributed by atoms with Gasteiger partial charge in [0.25, 0.3) is 0 Å². The van der Waals surface area contributed by atoms with E-state index in [9.17, 15) is 4.79 Å². The molecule has 0 saturated heterocycles. The smallest absolute Gasteiger partial charge is 0.223 e. The normalized spacial score (nSPS) is 10.4. The number of aromatic amines is 1. The van der Waals surface area contributed by atoms with E-state index in [2.05, 4.69) is 23.1 Å². The first kappa shape index (κ1) is 14.1. The van der Waals surface area contributed by atoms with Gasteiger partial charge >= 0.3 is 0 Å². The molecule has 0 aliphatic rings. The zero-order valence-electron chi connectivity index (χ0n) is 11.5. The molecular formula is C16H19N3O. The Labute approximate surface area is 118 Å². The van der Waals surface area contributed by atoms with Crippen LogP contribution in [0.4, 0.5) is 0 Å². The summed E-state index contributed by atoms with van der Waals surface area (Å²) in [5.41, 5.74) is 1.94. The molecule has 20 heavy (non-hydrogen) atoms. The Morgan fingerprint density at radius 1 is 1.25 bits per heavy atom. The van der Waals surface area contributed by atoms with E-state index < -0.39 is 0 Å². The SMILES string of the molecule is C=CCN(CC=C)C(=O)CCc1nc2ccccc2[nH]1. The van der Waals surface area contributed by atoms with Crippen molar-refractivity contribution in [2.45, 2.75) is 12.8 Å². The van der Waals surface area contributed by atoms with Gasteiger partial charge in [-0.15, -0.1) is 13.2 Å². The summed E-state index contributed by atoms with van der Waals surface area (Å²) in [4.78, 5) is 21.5. The molecule has 0 aliphatic carbocycles. The van der Waals surface area contributed by atoms with E-state index >= 15 is 0 Å². The maximum Gasteiger partial charge on any atom is 0.223 e. The number of hydrogen-bond acceptors (Lipinski definition) is 2. The number of rotatable bonds is 7. The summed E-state index contributed by atoms with van der Waals surface area (Å²) in [6.45, 7) is 8.42. The van der Waals surface area contributed by atoms with Crippen molar-refractivity contribution in [2.24, 2.45) is 0 Å². The Bertz CT molecular complexity index is 572. The molecule has 0 atom stereocenters. The zero-order valence-corrected chi connectivity index (χ0v) is 11.5. The predicted octanol–water partition coefficient (Wildman–Crippen LogP) is 2.70. The zero-order chi connectivity index (χ0) is 14.4. The first-order valence-corrected chi connectivity index (χ1v) is 6.67. The fourth-order valence-electron chi connectivity index (χ4n) is 2.10. The van der Waals surface area contributed by atoms with Crippen LogP contribution >= 0.6 is 0 Å². The maximum atomic E-state index is 12.1. The van der Waals surface area contributed by atoms with Crippen LogP contribution in [-0.4, -0.2) is 33.9 Å². The molecule has 0 radical (unpaired) electrons. The lowest BCUT2D eigenvalue weighted by molar-refractivity contribution is -0.130. The number of nitrogens with one attached hydrogen (secondary N) is 1. The predicted molar refractivity (Wildman–Crippen MR) is 81.4 cm³/mol. The molecule has 1 amide bonds. The molecule has 4 nitrogen and oxygen atoms in total. The molecule has 0 aliphatic heterocycles. The lowest BCUT2D eigenvalue weighted by atomic mass is 10.2. The minimum atomic E-state index is 0.0882. The quantitative estimate of drug-likeness (QED) is 0.786. The van der Waals surface area contributed by atoms with E-state index in [1.54, 1.807) is 17.1 Å². The minimum absolute atomic E-state index is 0.0882. The third-order valence-electron chi connectivity index (χ3n) is 3.07. The van der Waals surface area contributed by atoms with E-state index in [4.69, 9.17) is 0 Å². The monoisotopic (exact) mass is 269 g/mol. The highest BCUT2D eigenvalue weighted by Gasteiger charge is 2.11. The molecule has 1 aromatic heterocycles. The molecule has 0 unspecified atom stereocenters. The van der Waals surface area contributed by atoms with Crippen LogP contribution in [0.25, 0.3) is 11.0 Å². The van der Waals surface area contributed by atoms with Crippen molar-refractivity contribution >= 4 is 16.9 Å². The standard InChI is InChI=1S/C16H19N3O/c1-3-11-19(12-4-2)16(20)10-9-15-17-13-7-5-6-8-14(13)18-15/h3-8H,1-2,9-12H2,(H,17,18). The minimum Gasteiger partial charge on any atom is -0.342 e. The number of H-pyrrole nitrogens is 1. The second-order valence-electron chi connectivity index (χ2n) is 4.58. The highest BCUT2D eigenvalue weighted by molar-refractivity contribution is 5.77. The molecule has 0 saturated carbocycles. The molecule has 4 heteroatoms. The summed E-state index contributed by atoms with van der Waals surface area (Å²) in [6, 6.07) is 7.85. The van der Waals surface area contributed by atoms with Crippen LogP contribution in [-0.2, 0) is 11.2 Å². The van der Waals surface area contributed by atoms with Crippen molar-refractivity contribution in [1.82, 2.24) is 14.9 Å². The summed E-state index contributed by atoms with van der Waals surface area (Å²) in [5, 5.41) is 0. The molecule has 2 aromatic rings. The van der Waals surface area contributed by atoms with Crippen LogP contribution in [0.1, 0.15) is 12.2 Å². The highest BCUT2D eigenvalue weighted by atomic mass is 16.2. The van der Waals surface area contributed by atoms with Crippen molar-refractivity contribution in [3.8, 4) is 0 Å². The number of fused-ring (bicyclic) bond motifs is 1. The van der Waals surface area contributed by atoms with Crippen LogP contribution in [0.3, 0.4) is 0 Å². The van der Waals surface area contributed by atoms with Gasteiger partial charge in [-0.1, -0.05) is 24.3 Å². The fraction of sp³-hybridized carbons (Fsp3) is 0.250.